The van der Waals surface area contributed by atoms with E-state index in [1.165, 1.54) is 4.31 Å². The molecule has 1 fully saturated rings. The Bertz CT molecular complexity index is 1140. The highest BCUT2D eigenvalue weighted by Gasteiger charge is 2.44. The molecule has 3 aromatic rings. The zero-order valence-electron chi connectivity index (χ0n) is 14.7. The van der Waals surface area contributed by atoms with Crippen LogP contribution in [0.3, 0.4) is 0 Å². The van der Waals surface area contributed by atoms with Gasteiger partial charge in [-0.3, -0.25) is 9.20 Å². The monoisotopic (exact) mass is 399 g/mol. The normalized spacial score (nSPS) is 23.4. The molecule has 4 heterocycles. The Morgan fingerprint density at radius 3 is 2.96 bits per heavy atom. The third-order valence-electron chi connectivity index (χ3n) is 5.03. The van der Waals surface area contributed by atoms with Gasteiger partial charge in [-0.15, -0.1) is 0 Å². The van der Waals surface area contributed by atoms with Gasteiger partial charge in [0.1, 0.15) is 22.9 Å². The third-order valence-corrected chi connectivity index (χ3v) is 6.99. The summed E-state index contributed by atoms with van der Waals surface area (Å²) in [5, 5.41) is 2.89. The molecule has 2 atom stereocenters. The minimum atomic E-state index is -3.68. The summed E-state index contributed by atoms with van der Waals surface area (Å²) in [6.45, 7) is 0.447. The predicted octanol–water partition coefficient (Wildman–Crippen LogP) is 0.683. The minimum Gasteiger partial charge on any atom is -0.490 e. The Balaban J connectivity index is 1.36. The average Bonchev–Trinajstić information content (AvgIpc) is 3.28. The molecule has 0 bridgehead atoms. The van der Waals surface area contributed by atoms with Crippen molar-refractivity contribution in [3.05, 3.63) is 54.6 Å². The number of sulfonamides is 1. The summed E-state index contributed by atoms with van der Waals surface area (Å²) in [4.78, 5) is 21.0. The fraction of sp³-hybridized carbons (Fsp3) is 0.278. The number of carbonyl (C=O) groups excluding carboxylic acids is 1. The molecule has 1 aromatic carbocycles. The van der Waals surface area contributed by atoms with Crippen molar-refractivity contribution >= 4 is 21.7 Å². The first-order valence-corrected chi connectivity index (χ1v) is 10.3. The molecule has 0 radical (unpaired) electrons. The number of hydrogen-bond donors (Lipinski definition) is 1. The van der Waals surface area contributed by atoms with Crippen LogP contribution < -0.4 is 10.1 Å². The molecule has 0 saturated carbocycles. The van der Waals surface area contributed by atoms with Gasteiger partial charge in [0.15, 0.2) is 0 Å². The fourth-order valence-corrected chi connectivity index (χ4v) is 5.53. The summed E-state index contributed by atoms with van der Waals surface area (Å²) < 4.78 is 34.9. The number of para-hydroxylation sites is 1. The molecule has 0 unspecified atom stereocenters. The summed E-state index contributed by atoms with van der Waals surface area (Å²) in [5.74, 6) is 0.446. The molecule has 2 aliphatic heterocycles. The van der Waals surface area contributed by atoms with Gasteiger partial charge < -0.3 is 10.1 Å². The van der Waals surface area contributed by atoms with Gasteiger partial charge in [-0.1, -0.05) is 12.1 Å². The summed E-state index contributed by atoms with van der Waals surface area (Å²) in [7, 11) is -3.68. The van der Waals surface area contributed by atoms with Crippen molar-refractivity contribution in [1.29, 1.82) is 0 Å². The molecule has 2 aromatic heterocycles. The number of fused-ring (bicyclic) bond motifs is 3. The molecule has 144 valence electrons. The van der Waals surface area contributed by atoms with E-state index in [1.54, 1.807) is 53.3 Å². The lowest BCUT2D eigenvalue weighted by molar-refractivity contribution is 0.0934. The number of carbonyl (C=O) groups is 1. The van der Waals surface area contributed by atoms with E-state index in [9.17, 15) is 13.2 Å². The number of benzene rings is 1. The number of rotatable bonds is 2. The highest BCUT2D eigenvalue weighted by atomic mass is 32.2. The van der Waals surface area contributed by atoms with Crippen molar-refractivity contribution in [1.82, 2.24) is 24.0 Å². The van der Waals surface area contributed by atoms with Gasteiger partial charge in [0.05, 0.1) is 6.04 Å². The standard InChI is InChI=1S/C18H17N5O4S/c24-17(14-10-22-7-3-6-19-18(22)21-14)20-12-8-13-11-27-15-4-1-2-5-16(15)28(25,26)23(13)9-12/h1-7,10,12-13H,8-9,11H2,(H,20,24)/t12-,13-/m0/s1. The van der Waals surface area contributed by atoms with E-state index >= 15 is 0 Å². The topological polar surface area (TPSA) is 106 Å². The summed E-state index contributed by atoms with van der Waals surface area (Å²) in [6, 6.07) is 7.72. The predicted molar refractivity (Wildman–Crippen MR) is 98.5 cm³/mol. The van der Waals surface area contributed by atoms with Gasteiger partial charge in [0.25, 0.3) is 5.91 Å². The molecule has 5 rings (SSSR count). The molecular weight excluding hydrogens is 382 g/mol. The SMILES string of the molecule is O=C(N[C@H]1C[C@H]2COc3ccccc3S(=O)(=O)N2C1)c1cn2cccnc2n1. The Labute approximate surface area is 161 Å². The van der Waals surface area contributed by atoms with Crippen molar-refractivity contribution in [2.75, 3.05) is 13.2 Å². The van der Waals surface area contributed by atoms with E-state index in [-0.39, 0.29) is 41.7 Å². The first-order valence-electron chi connectivity index (χ1n) is 8.86. The van der Waals surface area contributed by atoms with Crippen molar-refractivity contribution in [2.24, 2.45) is 0 Å². The Morgan fingerprint density at radius 2 is 2.11 bits per heavy atom. The number of imidazole rings is 1. The number of hydrogen-bond acceptors (Lipinski definition) is 6. The lowest BCUT2D eigenvalue weighted by Crippen LogP contribution is -2.39. The van der Waals surface area contributed by atoms with Gasteiger partial charge in [0.2, 0.25) is 15.8 Å². The third kappa shape index (κ3) is 2.72. The minimum absolute atomic E-state index is 0.163. The van der Waals surface area contributed by atoms with Gasteiger partial charge in [-0.25, -0.2) is 18.4 Å². The average molecular weight is 399 g/mol. The van der Waals surface area contributed by atoms with Crippen LogP contribution in [0.2, 0.25) is 0 Å². The van der Waals surface area contributed by atoms with Crippen molar-refractivity contribution in [3.8, 4) is 5.75 Å². The van der Waals surface area contributed by atoms with Crippen LogP contribution in [0.25, 0.3) is 5.78 Å². The van der Waals surface area contributed by atoms with Crippen molar-refractivity contribution in [3.63, 3.8) is 0 Å². The van der Waals surface area contributed by atoms with E-state index in [1.807, 2.05) is 0 Å². The van der Waals surface area contributed by atoms with E-state index in [0.29, 0.717) is 17.9 Å². The van der Waals surface area contributed by atoms with Crippen LogP contribution in [-0.2, 0) is 10.0 Å². The molecular formula is C18H17N5O4S. The summed E-state index contributed by atoms with van der Waals surface area (Å²) >= 11 is 0. The zero-order valence-corrected chi connectivity index (χ0v) is 15.5. The van der Waals surface area contributed by atoms with Gasteiger partial charge >= 0.3 is 0 Å². The van der Waals surface area contributed by atoms with Crippen molar-refractivity contribution < 1.29 is 17.9 Å². The highest BCUT2D eigenvalue weighted by molar-refractivity contribution is 7.89. The smallest absolute Gasteiger partial charge is 0.271 e. The van der Waals surface area contributed by atoms with Crippen LogP contribution in [-0.4, -0.2) is 58.2 Å². The number of amides is 1. The second kappa shape index (κ2) is 6.28. The number of ether oxygens (including phenoxy) is 1. The maximum absolute atomic E-state index is 13.0. The van der Waals surface area contributed by atoms with Crippen molar-refractivity contribution in [2.45, 2.75) is 23.4 Å². The molecule has 28 heavy (non-hydrogen) atoms. The second-order valence-corrected chi connectivity index (χ2v) is 8.70. The van der Waals surface area contributed by atoms with Crippen LogP contribution in [0.4, 0.5) is 0 Å². The molecule has 1 amide bonds. The number of nitrogens with one attached hydrogen (secondary N) is 1. The van der Waals surface area contributed by atoms with Crippen LogP contribution in [0.15, 0.2) is 53.8 Å². The Kier molecular flexibility index (Phi) is 3.84. The first-order chi connectivity index (χ1) is 13.5. The van der Waals surface area contributed by atoms with E-state index < -0.39 is 10.0 Å². The lowest BCUT2D eigenvalue weighted by Gasteiger charge is -2.19. The van der Waals surface area contributed by atoms with E-state index in [0.717, 1.165) is 0 Å². The van der Waals surface area contributed by atoms with Gasteiger partial charge in [-0.2, -0.15) is 4.31 Å². The van der Waals surface area contributed by atoms with Gasteiger partial charge in [-0.05, 0) is 24.6 Å². The van der Waals surface area contributed by atoms with Crippen LogP contribution in [0.5, 0.6) is 5.75 Å². The molecule has 9 nitrogen and oxygen atoms in total. The fourth-order valence-electron chi connectivity index (χ4n) is 3.73. The number of aromatic nitrogens is 3. The number of nitrogens with zero attached hydrogens (tertiary/aromatic N) is 4. The summed E-state index contributed by atoms with van der Waals surface area (Å²) in [5.41, 5.74) is 0.241. The first kappa shape index (κ1) is 17.1. The van der Waals surface area contributed by atoms with E-state index in [2.05, 4.69) is 15.3 Å². The largest absolute Gasteiger partial charge is 0.490 e. The molecule has 0 aliphatic carbocycles. The molecule has 1 saturated heterocycles. The molecule has 2 aliphatic rings. The van der Waals surface area contributed by atoms with Crippen LogP contribution in [0.1, 0.15) is 16.9 Å². The Hall–Kier alpha value is -2.98. The van der Waals surface area contributed by atoms with Crippen LogP contribution in [0, 0.1) is 0 Å². The second-order valence-electron chi connectivity index (χ2n) is 6.85. The maximum atomic E-state index is 13.0. The molecule has 10 heteroatoms. The van der Waals surface area contributed by atoms with Gasteiger partial charge in [0, 0.05) is 31.2 Å². The lowest BCUT2D eigenvalue weighted by atomic mass is 10.2. The molecule has 0 spiro atoms. The highest BCUT2D eigenvalue weighted by Crippen LogP contribution is 2.35. The van der Waals surface area contributed by atoms with Crippen LogP contribution >= 0.6 is 0 Å². The Morgan fingerprint density at radius 1 is 1.25 bits per heavy atom. The van der Waals surface area contributed by atoms with E-state index in [4.69, 9.17) is 4.74 Å². The molecule has 1 N–H and O–H groups in total. The summed E-state index contributed by atoms with van der Waals surface area (Å²) in [6.07, 6.45) is 5.43. The quantitative estimate of drug-likeness (QED) is 0.679. The maximum Gasteiger partial charge on any atom is 0.271 e. The zero-order chi connectivity index (χ0) is 19.3.